The molecule has 0 saturated carbocycles. The summed E-state index contributed by atoms with van der Waals surface area (Å²) < 4.78 is 64.4. The van der Waals surface area contributed by atoms with Gasteiger partial charge in [-0.3, -0.25) is 10.1 Å². The predicted octanol–water partition coefficient (Wildman–Crippen LogP) is 6.40. The molecule has 0 fully saturated rings. The van der Waals surface area contributed by atoms with Crippen molar-refractivity contribution < 1.29 is 24.4 Å². The molecule has 0 aliphatic heterocycles. The Bertz CT molecular complexity index is 735. The SMILES string of the molecule is O=[N+]([O-])c1cc(Sc2ccccc2)cc(S(F)(F)(F)(F)F)c1. The molecule has 120 valence electrons. The predicted molar refractivity (Wildman–Crippen MR) is 75.1 cm³/mol. The molecular formula is C12H8F5NO2S2. The lowest BCUT2D eigenvalue weighted by atomic mass is 10.3. The summed E-state index contributed by atoms with van der Waals surface area (Å²) >= 11 is 0.728. The lowest BCUT2D eigenvalue weighted by Crippen LogP contribution is -2.07. The van der Waals surface area contributed by atoms with E-state index in [0.717, 1.165) is 17.8 Å². The van der Waals surface area contributed by atoms with Crippen LogP contribution >= 0.6 is 22.0 Å². The third-order valence-corrected chi connectivity index (χ3v) is 4.61. The van der Waals surface area contributed by atoms with Gasteiger partial charge in [0.2, 0.25) is 0 Å². The first-order chi connectivity index (χ1) is 9.85. The Kier molecular flexibility index (Phi) is 3.46. The summed E-state index contributed by atoms with van der Waals surface area (Å²) in [6.07, 6.45) is 0. The van der Waals surface area contributed by atoms with Crippen LogP contribution in [-0.2, 0) is 0 Å². The molecule has 2 aromatic rings. The van der Waals surface area contributed by atoms with Crippen LogP contribution in [0.1, 0.15) is 0 Å². The van der Waals surface area contributed by atoms with Crippen LogP contribution < -0.4 is 0 Å². The molecule has 0 amide bonds. The van der Waals surface area contributed by atoms with Crippen molar-refractivity contribution in [3.63, 3.8) is 0 Å². The molecule has 0 aliphatic rings. The highest BCUT2D eigenvalue weighted by molar-refractivity contribution is 8.45. The van der Waals surface area contributed by atoms with Crippen molar-refractivity contribution in [1.29, 1.82) is 0 Å². The Balaban J connectivity index is 2.57. The number of hydrogen-bond acceptors (Lipinski definition) is 3. The molecule has 2 rings (SSSR count). The Labute approximate surface area is 126 Å². The average molecular weight is 357 g/mol. The van der Waals surface area contributed by atoms with E-state index in [4.69, 9.17) is 0 Å². The van der Waals surface area contributed by atoms with E-state index in [9.17, 15) is 29.5 Å². The van der Waals surface area contributed by atoms with Gasteiger partial charge in [-0.1, -0.05) is 49.4 Å². The first kappa shape index (κ1) is 16.6. The van der Waals surface area contributed by atoms with Gasteiger partial charge in [-0.2, -0.15) is 0 Å². The van der Waals surface area contributed by atoms with Gasteiger partial charge in [0.05, 0.1) is 4.92 Å². The quantitative estimate of drug-likeness (QED) is 0.361. The monoisotopic (exact) mass is 357 g/mol. The molecule has 0 aromatic heterocycles. The number of benzene rings is 2. The van der Waals surface area contributed by atoms with Crippen molar-refractivity contribution in [3.8, 4) is 0 Å². The molecule has 0 bridgehead atoms. The molecule has 0 saturated heterocycles. The average Bonchev–Trinajstić information content (AvgIpc) is 2.37. The second-order valence-electron chi connectivity index (χ2n) is 4.30. The van der Waals surface area contributed by atoms with Crippen molar-refractivity contribution in [1.82, 2.24) is 0 Å². The maximum atomic E-state index is 12.9. The summed E-state index contributed by atoms with van der Waals surface area (Å²) in [6.45, 7) is 0. The highest BCUT2D eigenvalue weighted by Gasteiger charge is 2.66. The minimum atomic E-state index is -9.99. The zero-order chi connectivity index (χ0) is 16.7. The molecule has 3 nitrogen and oxygen atoms in total. The molecule has 22 heavy (non-hydrogen) atoms. The van der Waals surface area contributed by atoms with Gasteiger partial charge in [-0.15, -0.1) is 0 Å². The molecule has 0 radical (unpaired) electrons. The van der Waals surface area contributed by atoms with Gasteiger partial charge >= 0.3 is 10.2 Å². The fraction of sp³-hybridized carbons (Fsp3) is 0. The molecule has 0 heterocycles. The number of non-ortho nitro benzene ring substituents is 1. The van der Waals surface area contributed by atoms with E-state index in [1.54, 1.807) is 30.3 Å². The first-order valence-corrected chi connectivity index (χ1v) is 8.38. The van der Waals surface area contributed by atoms with Gasteiger partial charge in [0.15, 0.2) is 0 Å². The second kappa shape index (κ2) is 4.59. The number of halogens is 5. The molecule has 0 N–H and O–H groups in total. The fourth-order valence-electron chi connectivity index (χ4n) is 1.57. The van der Waals surface area contributed by atoms with E-state index < -0.39 is 25.7 Å². The lowest BCUT2D eigenvalue weighted by molar-refractivity contribution is -0.385. The van der Waals surface area contributed by atoms with Crippen LogP contribution in [0.25, 0.3) is 0 Å². The number of hydrogen-bond donors (Lipinski definition) is 0. The molecule has 0 atom stereocenters. The fourth-order valence-corrected chi connectivity index (χ4v) is 3.27. The lowest BCUT2D eigenvalue weighted by Gasteiger charge is -2.40. The minimum absolute atomic E-state index is 0.142. The summed E-state index contributed by atoms with van der Waals surface area (Å²) in [5.41, 5.74) is -1.04. The number of nitro benzene ring substituents is 1. The van der Waals surface area contributed by atoms with Gasteiger partial charge in [-0.05, 0) is 18.2 Å². The highest BCUT2D eigenvalue weighted by Crippen LogP contribution is 3.02. The van der Waals surface area contributed by atoms with E-state index in [2.05, 4.69) is 0 Å². The van der Waals surface area contributed by atoms with Crippen LogP contribution in [0.15, 0.2) is 63.2 Å². The Morgan fingerprint density at radius 2 is 1.50 bits per heavy atom. The van der Waals surface area contributed by atoms with E-state index >= 15 is 0 Å². The van der Waals surface area contributed by atoms with Gasteiger partial charge in [0, 0.05) is 21.9 Å². The van der Waals surface area contributed by atoms with Crippen LogP contribution in [0.2, 0.25) is 0 Å². The van der Waals surface area contributed by atoms with Crippen LogP contribution in [0.4, 0.5) is 25.1 Å². The van der Waals surface area contributed by atoms with Gasteiger partial charge in [0.25, 0.3) is 5.69 Å². The third-order valence-electron chi connectivity index (χ3n) is 2.50. The van der Waals surface area contributed by atoms with E-state index in [-0.39, 0.29) is 17.0 Å². The van der Waals surface area contributed by atoms with Gasteiger partial charge in [0.1, 0.15) is 4.90 Å². The van der Waals surface area contributed by atoms with Crippen LogP contribution in [-0.4, -0.2) is 4.92 Å². The molecule has 0 aliphatic carbocycles. The van der Waals surface area contributed by atoms with Crippen LogP contribution in [0.5, 0.6) is 0 Å². The van der Waals surface area contributed by atoms with Crippen molar-refractivity contribution in [2.24, 2.45) is 0 Å². The maximum absolute atomic E-state index is 12.9. The molecule has 10 heteroatoms. The standard InChI is InChI=1S/C12H8F5NO2S2/c13-22(14,15,16,17)12-7-9(18(19)20)6-11(8-12)21-10-4-2-1-3-5-10/h1-8H. The Hall–Kier alpha value is -1.81. The van der Waals surface area contributed by atoms with Crippen molar-refractivity contribution >= 4 is 27.7 Å². The topological polar surface area (TPSA) is 43.1 Å². The van der Waals surface area contributed by atoms with Crippen LogP contribution in [0.3, 0.4) is 0 Å². The smallest absolute Gasteiger partial charge is 0.258 e. The van der Waals surface area contributed by atoms with E-state index in [1.165, 1.54) is 0 Å². The van der Waals surface area contributed by atoms with Crippen molar-refractivity contribution in [3.05, 3.63) is 58.6 Å². The Morgan fingerprint density at radius 3 is 2.00 bits per heavy atom. The molecule has 0 spiro atoms. The molecular weight excluding hydrogens is 349 g/mol. The van der Waals surface area contributed by atoms with E-state index in [1.807, 2.05) is 0 Å². The number of nitro groups is 1. The zero-order valence-corrected chi connectivity index (χ0v) is 12.2. The van der Waals surface area contributed by atoms with Crippen molar-refractivity contribution in [2.45, 2.75) is 14.7 Å². The van der Waals surface area contributed by atoms with E-state index in [0.29, 0.717) is 4.90 Å². The summed E-state index contributed by atoms with van der Waals surface area (Å²) in [6, 6.07) is 8.87. The molecule has 0 unspecified atom stereocenters. The minimum Gasteiger partial charge on any atom is -0.258 e. The zero-order valence-electron chi connectivity index (χ0n) is 10.6. The summed E-state index contributed by atoms with van der Waals surface area (Å²) in [5.74, 6) is 0. The highest BCUT2D eigenvalue weighted by atomic mass is 32.5. The number of rotatable bonds is 4. The van der Waals surface area contributed by atoms with Crippen molar-refractivity contribution in [2.75, 3.05) is 0 Å². The first-order valence-electron chi connectivity index (χ1n) is 5.62. The third kappa shape index (κ3) is 4.10. The van der Waals surface area contributed by atoms with Crippen LogP contribution in [0, 0.1) is 10.1 Å². The summed E-state index contributed by atoms with van der Waals surface area (Å²) in [5, 5.41) is 10.7. The Morgan fingerprint density at radius 1 is 0.909 bits per heavy atom. The number of nitrogens with zero attached hydrogens (tertiary/aromatic N) is 1. The summed E-state index contributed by atoms with van der Waals surface area (Å²) in [7, 11) is -9.99. The second-order valence-corrected chi connectivity index (χ2v) is 7.86. The summed E-state index contributed by atoms with van der Waals surface area (Å²) in [4.78, 5) is 7.46. The van der Waals surface area contributed by atoms with Gasteiger partial charge in [-0.25, -0.2) is 0 Å². The van der Waals surface area contributed by atoms with Gasteiger partial charge < -0.3 is 0 Å². The maximum Gasteiger partial charge on any atom is 0.310 e. The molecule has 2 aromatic carbocycles. The largest absolute Gasteiger partial charge is 0.310 e. The normalized spacial score (nSPS) is 15.0.